The van der Waals surface area contributed by atoms with Gasteiger partial charge in [-0.15, -0.1) is 11.3 Å². The Labute approximate surface area is 165 Å². The van der Waals surface area contributed by atoms with Crippen molar-refractivity contribution in [2.45, 2.75) is 6.54 Å². The third-order valence-corrected chi connectivity index (χ3v) is 5.11. The van der Waals surface area contributed by atoms with Crippen molar-refractivity contribution in [1.82, 2.24) is 14.8 Å². The summed E-state index contributed by atoms with van der Waals surface area (Å²) in [4.78, 5) is 16.9. The van der Waals surface area contributed by atoms with Crippen molar-refractivity contribution in [3.63, 3.8) is 0 Å². The molecule has 0 aliphatic carbocycles. The van der Waals surface area contributed by atoms with Gasteiger partial charge < -0.3 is 0 Å². The summed E-state index contributed by atoms with van der Waals surface area (Å²) >= 11 is 7.57. The number of carbonyl (C=O) groups is 1. The van der Waals surface area contributed by atoms with Crippen molar-refractivity contribution in [2.75, 3.05) is 5.32 Å². The van der Waals surface area contributed by atoms with Gasteiger partial charge in [-0.05, 0) is 11.6 Å². The normalized spacial score (nSPS) is 10.7. The summed E-state index contributed by atoms with van der Waals surface area (Å²) in [5.41, 5.74) is 3.27. The molecule has 2 heterocycles. The van der Waals surface area contributed by atoms with E-state index in [0.717, 1.165) is 16.8 Å². The van der Waals surface area contributed by atoms with E-state index in [4.69, 9.17) is 11.6 Å². The Kier molecular flexibility index (Phi) is 5.00. The first-order chi connectivity index (χ1) is 13.2. The molecule has 27 heavy (non-hydrogen) atoms. The van der Waals surface area contributed by atoms with E-state index in [0.29, 0.717) is 22.3 Å². The van der Waals surface area contributed by atoms with Crippen molar-refractivity contribution in [2.24, 2.45) is 0 Å². The Morgan fingerprint density at radius 2 is 1.89 bits per heavy atom. The van der Waals surface area contributed by atoms with E-state index in [1.165, 1.54) is 17.5 Å². The average Bonchev–Trinajstić information content (AvgIpc) is 3.34. The second kappa shape index (κ2) is 7.73. The van der Waals surface area contributed by atoms with Crippen LogP contribution in [0.1, 0.15) is 15.9 Å². The Morgan fingerprint density at radius 3 is 2.70 bits per heavy atom. The molecular formula is C20H15ClN4OS. The SMILES string of the molecule is O=C(Nc1nc(-c2ccccc2)cs1)c1cnn(Cc2ccccc2Cl)c1. The van der Waals surface area contributed by atoms with E-state index in [1.54, 1.807) is 10.9 Å². The molecule has 0 spiro atoms. The highest BCUT2D eigenvalue weighted by Gasteiger charge is 2.12. The van der Waals surface area contributed by atoms with Gasteiger partial charge in [-0.3, -0.25) is 14.8 Å². The molecule has 5 nitrogen and oxygen atoms in total. The van der Waals surface area contributed by atoms with Gasteiger partial charge in [0.1, 0.15) is 0 Å². The van der Waals surface area contributed by atoms with Gasteiger partial charge >= 0.3 is 0 Å². The average molecular weight is 395 g/mol. The number of nitrogens with zero attached hydrogens (tertiary/aromatic N) is 3. The quantitative estimate of drug-likeness (QED) is 0.520. The number of hydrogen-bond donors (Lipinski definition) is 1. The fourth-order valence-electron chi connectivity index (χ4n) is 2.61. The zero-order chi connectivity index (χ0) is 18.6. The maximum absolute atomic E-state index is 12.5. The molecule has 0 bridgehead atoms. The van der Waals surface area contributed by atoms with Crippen LogP contribution in [0.2, 0.25) is 5.02 Å². The molecule has 0 saturated carbocycles. The topological polar surface area (TPSA) is 59.8 Å². The minimum atomic E-state index is -0.241. The molecule has 2 aromatic heterocycles. The van der Waals surface area contributed by atoms with Gasteiger partial charge in [-0.25, -0.2) is 4.98 Å². The molecule has 0 atom stereocenters. The van der Waals surface area contributed by atoms with Crippen LogP contribution in [0.4, 0.5) is 5.13 Å². The van der Waals surface area contributed by atoms with Gasteiger partial charge in [0.2, 0.25) is 0 Å². The highest BCUT2D eigenvalue weighted by atomic mass is 35.5. The molecule has 2 aromatic carbocycles. The number of hydrogen-bond acceptors (Lipinski definition) is 4. The van der Waals surface area contributed by atoms with E-state index >= 15 is 0 Å². The van der Waals surface area contributed by atoms with Crippen LogP contribution in [0.3, 0.4) is 0 Å². The summed E-state index contributed by atoms with van der Waals surface area (Å²) in [5.74, 6) is -0.241. The van der Waals surface area contributed by atoms with Crippen molar-refractivity contribution in [1.29, 1.82) is 0 Å². The number of aromatic nitrogens is 3. The van der Waals surface area contributed by atoms with Crippen molar-refractivity contribution in [3.8, 4) is 11.3 Å². The monoisotopic (exact) mass is 394 g/mol. The lowest BCUT2D eigenvalue weighted by atomic mass is 10.2. The molecule has 1 amide bonds. The van der Waals surface area contributed by atoms with Gasteiger partial charge in [0.05, 0.1) is 24.0 Å². The van der Waals surface area contributed by atoms with Crippen LogP contribution in [0, 0.1) is 0 Å². The van der Waals surface area contributed by atoms with Crippen LogP contribution in [0.25, 0.3) is 11.3 Å². The maximum atomic E-state index is 12.5. The predicted molar refractivity (Wildman–Crippen MR) is 108 cm³/mol. The molecule has 1 N–H and O–H groups in total. The minimum absolute atomic E-state index is 0.241. The molecule has 0 aliphatic rings. The molecule has 0 unspecified atom stereocenters. The van der Waals surface area contributed by atoms with Crippen LogP contribution in [-0.2, 0) is 6.54 Å². The zero-order valence-corrected chi connectivity index (χ0v) is 15.7. The van der Waals surface area contributed by atoms with E-state index in [2.05, 4.69) is 15.4 Å². The summed E-state index contributed by atoms with van der Waals surface area (Å²) in [7, 11) is 0. The fourth-order valence-corrected chi connectivity index (χ4v) is 3.52. The third kappa shape index (κ3) is 4.07. The molecule has 4 aromatic rings. The van der Waals surface area contributed by atoms with Crippen LogP contribution in [-0.4, -0.2) is 20.7 Å². The molecule has 0 fully saturated rings. The number of nitrogens with one attached hydrogen (secondary N) is 1. The van der Waals surface area contributed by atoms with E-state index in [9.17, 15) is 4.79 Å². The summed E-state index contributed by atoms with van der Waals surface area (Å²) in [6, 6.07) is 17.4. The lowest BCUT2D eigenvalue weighted by Crippen LogP contribution is -2.11. The molecule has 0 saturated heterocycles. The van der Waals surface area contributed by atoms with Crippen LogP contribution in [0.5, 0.6) is 0 Å². The Morgan fingerprint density at radius 1 is 1.11 bits per heavy atom. The smallest absolute Gasteiger partial charge is 0.260 e. The summed E-state index contributed by atoms with van der Waals surface area (Å²) in [6.45, 7) is 0.502. The first kappa shape index (κ1) is 17.5. The van der Waals surface area contributed by atoms with Gasteiger partial charge in [0.15, 0.2) is 5.13 Å². The van der Waals surface area contributed by atoms with Crippen molar-refractivity contribution in [3.05, 3.63) is 88.5 Å². The largest absolute Gasteiger partial charge is 0.298 e. The van der Waals surface area contributed by atoms with Crippen molar-refractivity contribution < 1.29 is 4.79 Å². The summed E-state index contributed by atoms with van der Waals surface area (Å²) in [6.07, 6.45) is 3.24. The van der Waals surface area contributed by atoms with Crippen LogP contribution >= 0.6 is 22.9 Å². The van der Waals surface area contributed by atoms with E-state index in [-0.39, 0.29) is 5.91 Å². The molecule has 0 radical (unpaired) electrons. The van der Waals surface area contributed by atoms with Crippen LogP contribution in [0.15, 0.2) is 72.4 Å². The Balaban J connectivity index is 1.44. The van der Waals surface area contributed by atoms with Gasteiger partial charge in [-0.1, -0.05) is 60.1 Å². The minimum Gasteiger partial charge on any atom is -0.298 e. The lowest BCUT2D eigenvalue weighted by Gasteiger charge is -2.03. The van der Waals surface area contributed by atoms with Gasteiger partial charge in [0, 0.05) is 22.2 Å². The Hall–Kier alpha value is -2.96. The molecule has 4 rings (SSSR count). The lowest BCUT2D eigenvalue weighted by molar-refractivity contribution is 0.102. The van der Waals surface area contributed by atoms with Gasteiger partial charge in [0.25, 0.3) is 5.91 Å². The van der Waals surface area contributed by atoms with Gasteiger partial charge in [-0.2, -0.15) is 5.10 Å². The van der Waals surface area contributed by atoms with Crippen LogP contribution < -0.4 is 5.32 Å². The van der Waals surface area contributed by atoms with E-state index < -0.39 is 0 Å². The number of thiazole rings is 1. The fraction of sp³-hybridized carbons (Fsp3) is 0.0500. The van der Waals surface area contributed by atoms with E-state index in [1.807, 2.05) is 60.0 Å². The molecular weight excluding hydrogens is 380 g/mol. The number of halogens is 1. The number of benzene rings is 2. The summed E-state index contributed by atoms with van der Waals surface area (Å²) < 4.78 is 1.69. The standard InChI is InChI=1S/C20H15ClN4OS/c21-17-9-5-4-8-15(17)11-25-12-16(10-22-25)19(26)24-20-23-18(13-27-20)14-6-2-1-3-7-14/h1-10,12-13H,11H2,(H,23,24,26). The number of anilines is 1. The molecule has 0 aliphatic heterocycles. The molecule has 7 heteroatoms. The molecule has 134 valence electrons. The highest BCUT2D eigenvalue weighted by Crippen LogP contribution is 2.25. The van der Waals surface area contributed by atoms with Crippen molar-refractivity contribution >= 4 is 34.0 Å². The number of carbonyl (C=O) groups excluding carboxylic acids is 1. The second-order valence-electron chi connectivity index (χ2n) is 5.88. The number of rotatable bonds is 5. The first-order valence-electron chi connectivity index (χ1n) is 8.27. The zero-order valence-electron chi connectivity index (χ0n) is 14.2. The highest BCUT2D eigenvalue weighted by molar-refractivity contribution is 7.14. The Bertz CT molecular complexity index is 1070. The second-order valence-corrected chi connectivity index (χ2v) is 7.14. The number of amides is 1. The first-order valence-corrected chi connectivity index (χ1v) is 9.53. The maximum Gasteiger partial charge on any atom is 0.260 e. The third-order valence-electron chi connectivity index (χ3n) is 3.98. The summed E-state index contributed by atoms with van der Waals surface area (Å²) in [5, 5.41) is 10.2. The predicted octanol–water partition coefficient (Wildman–Crippen LogP) is 4.96.